The Labute approximate surface area is 210 Å². The van der Waals surface area contributed by atoms with Crippen LogP contribution in [0, 0.1) is 12.7 Å². The number of halogens is 2. The third-order valence-corrected chi connectivity index (χ3v) is 6.38. The van der Waals surface area contributed by atoms with E-state index in [2.05, 4.69) is 5.32 Å². The Bertz CT molecular complexity index is 1320. The average molecular weight is 511 g/mol. The summed E-state index contributed by atoms with van der Waals surface area (Å²) in [5, 5.41) is 2.37. The van der Waals surface area contributed by atoms with Crippen LogP contribution in [0.4, 0.5) is 14.9 Å². The molecule has 1 aliphatic heterocycles. The number of hydrogen-bond acceptors (Lipinski definition) is 5. The minimum absolute atomic E-state index is 0.0704. The molecule has 0 aliphatic carbocycles. The molecule has 9 heteroatoms. The van der Waals surface area contributed by atoms with Crippen molar-refractivity contribution < 1.29 is 23.5 Å². The van der Waals surface area contributed by atoms with Crippen LogP contribution >= 0.6 is 23.4 Å². The molecule has 0 radical (unpaired) electrons. The highest BCUT2D eigenvalue weighted by atomic mass is 35.5. The summed E-state index contributed by atoms with van der Waals surface area (Å²) in [4.78, 5) is 38.8. The van der Waals surface area contributed by atoms with Crippen molar-refractivity contribution in [2.75, 3.05) is 11.9 Å². The molecular formula is C26H20ClFN2O4S. The van der Waals surface area contributed by atoms with E-state index in [9.17, 15) is 18.8 Å². The van der Waals surface area contributed by atoms with E-state index in [1.165, 1.54) is 24.3 Å². The van der Waals surface area contributed by atoms with E-state index in [4.69, 9.17) is 16.3 Å². The Morgan fingerprint density at radius 3 is 2.66 bits per heavy atom. The smallest absolute Gasteiger partial charge is 0.293 e. The van der Waals surface area contributed by atoms with Crippen LogP contribution in [-0.2, 0) is 16.1 Å². The molecule has 1 aliphatic rings. The van der Waals surface area contributed by atoms with Gasteiger partial charge in [-0.3, -0.25) is 19.3 Å². The molecule has 1 N–H and O–H groups in total. The van der Waals surface area contributed by atoms with Gasteiger partial charge in [-0.2, -0.15) is 0 Å². The lowest BCUT2D eigenvalue weighted by atomic mass is 10.1. The first-order chi connectivity index (χ1) is 16.8. The largest absolute Gasteiger partial charge is 0.483 e. The lowest BCUT2D eigenvalue weighted by Gasteiger charge is -2.14. The number of carbonyl (C=O) groups excluding carboxylic acids is 3. The number of imide groups is 1. The Balaban J connectivity index is 1.47. The first-order valence-corrected chi connectivity index (χ1v) is 11.8. The molecule has 0 atom stereocenters. The fraction of sp³-hybridized carbons (Fsp3) is 0.115. The number of benzene rings is 3. The molecule has 0 spiro atoms. The molecule has 178 valence electrons. The summed E-state index contributed by atoms with van der Waals surface area (Å²) < 4.78 is 19.8. The molecular weight excluding hydrogens is 491 g/mol. The third-order valence-electron chi connectivity index (χ3n) is 5.12. The molecule has 0 aromatic heterocycles. The van der Waals surface area contributed by atoms with Crippen molar-refractivity contribution in [3.8, 4) is 5.75 Å². The zero-order chi connectivity index (χ0) is 24.9. The number of anilines is 1. The maximum atomic E-state index is 14.2. The van der Waals surface area contributed by atoms with Gasteiger partial charge in [0, 0.05) is 21.8 Å². The van der Waals surface area contributed by atoms with E-state index in [-0.39, 0.29) is 34.6 Å². The van der Waals surface area contributed by atoms with Crippen molar-refractivity contribution >= 4 is 52.2 Å². The van der Waals surface area contributed by atoms with Crippen molar-refractivity contribution in [3.63, 3.8) is 0 Å². The Hall–Kier alpha value is -3.62. The molecule has 1 fully saturated rings. The van der Waals surface area contributed by atoms with Gasteiger partial charge in [-0.25, -0.2) is 4.39 Å². The summed E-state index contributed by atoms with van der Waals surface area (Å²) in [7, 11) is 0. The molecule has 3 amide bonds. The zero-order valence-corrected chi connectivity index (χ0v) is 20.2. The Morgan fingerprint density at radius 1 is 1.11 bits per heavy atom. The van der Waals surface area contributed by atoms with Gasteiger partial charge >= 0.3 is 0 Å². The van der Waals surface area contributed by atoms with Crippen LogP contribution in [0.15, 0.2) is 71.6 Å². The van der Waals surface area contributed by atoms with Gasteiger partial charge in [-0.05, 0) is 60.7 Å². The van der Waals surface area contributed by atoms with Gasteiger partial charge < -0.3 is 10.1 Å². The number of hydrogen-bond donors (Lipinski definition) is 1. The molecule has 0 saturated carbocycles. The van der Waals surface area contributed by atoms with Crippen LogP contribution in [0.25, 0.3) is 6.08 Å². The van der Waals surface area contributed by atoms with Crippen molar-refractivity contribution in [1.29, 1.82) is 0 Å². The second kappa shape index (κ2) is 10.8. The summed E-state index contributed by atoms with van der Waals surface area (Å²) in [6.07, 6.45) is 1.52. The van der Waals surface area contributed by atoms with Gasteiger partial charge in [0.15, 0.2) is 6.61 Å². The number of thioether (sulfide) groups is 1. The molecule has 35 heavy (non-hydrogen) atoms. The Kier molecular flexibility index (Phi) is 7.53. The van der Waals surface area contributed by atoms with E-state index in [0.717, 1.165) is 22.2 Å². The van der Waals surface area contributed by atoms with Crippen molar-refractivity contribution in [3.05, 3.63) is 99.2 Å². The van der Waals surface area contributed by atoms with E-state index in [1.807, 2.05) is 25.1 Å². The fourth-order valence-electron chi connectivity index (χ4n) is 3.41. The number of nitrogens with one attached hydrogen (secondary N) is 1. The Morgan fingerprint density at radius 2 is 1.89 bits per heavy atom. The molecule has 3 aromatic rings. The van der Waals surface area contributed by atoms with E-state index in [0.29, 0.717) is 17.0 Å². The van der Waals surface area contributed by atoms with Gasteiger partial charge in [0.2, 0.25) is 0 Å². The van der Waals surface area contributed by atoms with Crippen molar-refractivity contribution in [2.24, 2.45) is 0 Å². The first kappa shape index (κ1) is 24.5. The number of nitrogens with zero attached hydrogens (tertiary/aromatic N) is 1. The van der Waals surface area contributed by atoms with Crippen LogP contribution in [-0.4, -0.2) is 28.6 Å². The molecule has 3 aromatic carbocycles. The molecule has 6 nitrogen and oxygen atoms in total. The first-order valence-electron chi connectivity index (χ1n) is 10.6. The molecule has 4 rings (SSSR count). The maximum Gasteiger partial charge on any atom is 0.293 e. The molecule has 0 bridgehead atoms. The fourth-order valence-corrected chi connectivity index (χ4v) is 4.47. The van der Waals surface area contributed by atoms with E-state index < -0.39 is 17.0 Å². The van der Waals surface area contributed by atoms with Crippen molar-refractivity contribution in [2.45, 2.75) is 13.5 Å². The van der Waals surface area contributed by atoms with Crippen LogP contribution in [0.3, 0.4) is 0 Å². The summed E-state index contributed by atoms with van der Waals surface area (Å²) in [6.45, 7) is 1.41. The van der Waals surface area contributed by atoms with Crippen LogP contribution in [0.2, 0.25) is 5.02 Å². The van der Waals surface area contributed by atoms with E-state index in [1.54, 1.807) is 30.3 Å². The second-order valence-corrected chi connectivity index (χ2v) is 9.11. The van der Waals surface area contributed by atoms with Gasteiger partial charge in [0.05, 0.1) is 11.4 Å². The number of amides is 3. The maximum absolute atomic E-state index is 14.2. The zero-order valence-electron chi connectivity index (χ0n) is 18.6. The molecule has 0 unspecified atom stereocenters. The SMILES string of the molecule is Cc1cccc(NC(=O)COc2ccccc2/C=C2\SC(=O)N(Cc3c(F)cccc3Cl)C2=O)c1. The number of aryl methyl sites for hydroxylation is 1. The number of para-hydroxylation sites is 1. The highest BCUT2D eigenvalue weighted by Gasteiger charge is 2.36. The van der Waals surface area contributed by atoms with Gasteiger partial charge in [-0.1, -0.05) is 48.0 Å². The summed E-state index contributed by atoms with van der Waals surface area (Å²) in [5.74, 6) is -1.13. The van der Waals surface area contributed by atoms with Crippen molar-refractivity contribution in [1.82, 2.24) is 4.90 Å². The predicted octanol–water partition coefficient (Wildman–Crippen LogP) is 6.04. The lowest BCUT2D eigenvalue weighted by molar-refractivity contribution is -0.123. The topological polar surface area (TPSA) is 75.7 Å². The quantitative estimate of drug-likeness (QED) is 0.392. The minimum atomic E-state index is -0.594. The van der Waals surface area contributed by atoms with E-state index >= 15 is 0 Å². The monoisotopic (exact) mass is 510 g/mol. The predicted molar refractivity (Wildman–Crippen MR) is 135 cm³/mol. The van der Waals surface area contributed by atoms with Gasteiger partial charge in [0.1, 0.15) is 11.6 Å². The van der Waals surface area contributed by atoms with Crippen LogP contribution in [0.5, 0.6) is 5.75 Å². The number of ether oxygens (including phenoxy) is 1. The summed E-state index contributed by atoms with van der Waals surface area (Å²) in [6, 6.07) is 18.4. The highest BCUT2D eigenvalue weighted by Crippen LogP contribution is 2.36. The third kappa shape index (κ3) is 5.90. The minimum Gasteiger partial charge on any atom is -0.483 e. The highest BCUT2D eigenvalue weighted by molar-refractivity contribution is 8.18. The molecule has 1 saturated heterocycles. The normalized spacial score (nSPS) is 14.5. The summed E-state index contributed by atoms with van der Waals surface area (Å²) >= 11 is 6.79. The number of rotatable bonds is 7. The standard InChI is InChI=1S/C26H20ClFN2O4S/c1-16-6-4-8-18(12-16)29-24(31)15-34-22-11-3-2-7-17(22)13-23-25(32)30(26(33)35-23)14-19-20(27)9-5-10-21(19)28/h2-13H,14-15H2,1H3,(H,29,31)/b23-13-. The average Bonchev–Trinajstić information content (AvgIpc) is 3.08. The number of carbonyl (C=O) groups is 3. The van der Waals surface area contributed by atoms with Gasteiger partial charge in [0.25, 0.3) is 17.1 Å². The van der Waals surface area contributed by atoms with Gasteiger partial charge in [-0.15, -0.1) is 0 Å². The lowest BCUT2D eigenvalue weighted by Crippen LogP contribution is -2.28. The summed E-state index contributed by atoms with van der Waals surface area (Å²) in [5.41, 5.74) is 2.27. The molecule has 1 heterocycles. The van der Waals surface area contributed by atoms with Crippen LogP contribution < -0.4 is 10.1 Å². The second-order valence-electron chi connectivity index (χ2n) is 7.71. The van der Waals surface area contributed by atoms with Crippen LogP contribution in [0.1, 0.15) is 16.7 Å².